The molecule has 0 bridgehead atoms. The molecule has 0 amide bonds. The van der Waals surface area contributed by atoms with Gasteiger partial charge < -0.3 is 14.0 Å². The monoisotopic (exact) mass is 1130 g/mol. The van der Waals surface area contributed by atoms with Crippen LogP contribution in [0.25, 0.3) is 94.0 Å². The molecule has 73 heavy (non-hydrogen) atoms. The Labute approximate surface area is 444 Å². The van der Waals surface area contributed by atoms with Crippen molar-refractivity contribution in [2.45, 2.75) is 116 Å². The van der Waals surface area contributed by atoms with Crippen molar-refractivity contribution >= 4 is 54.5 Å². The number of hydrogen-bond acceptors (Lipinski definition) is 3. The van der Waals surface area contributed by atoms with Crippen molar-refractivity contribution < 1.29 is 24.5 Å². The van der Waals surface area contributed by atoms with E-state index in [4.69, 9.17) is 9.40 Å². The van der Waals surface area contributed by atoms with E-state index in [0.717, 1.165) is 68.5 Å². The van der Waals surface area contributed by atoms with Crippen LogP contribution in [-0.2, 0) is 47.2 Å². The Hall–Kier alpha value is -6.65. The molecular weight excluding hydrogens is 1070 g/mol. The average Bonchev–Trinajstić information content (AvgIpc) is 4.03. The van der Waals surface area contributed by atoms with Crippen molar-refractivity contribution in [2.75, 3.05) is 0 Å². The van der Waals surface area contributed by atoms with Gasteiger partial charge in [0.2, 0.25) is 0 Å². The van der Waals surface area contributed by atoms with Crippen molar-refractivity contribution in [1.82, 2.24) is 14.5 Å². The molecule has 0 saturated heterocycles. The van der Waals surface area contributed by atoms with Crippen LogP contribution in [0.4, 0.5) is 0 Å². The van der Waals surface area contributed by atoms with Crippen molar-refractivity contribution in [3.05, 3.63) is 198 Å². The van der Waals surface area contributed by atoms with Crippen LogP contribution in [0, 0.1) is 12.1 Å². The van der Waals surface area contributed by atoms with Gasteiger partial charge in [-0.3, -0.25) is 4.98 Å². The number of fused-ring (bicyclic) bond motifs is 9. The normalized spacial score (nSPS) is 16.1. The summed E-state index contributed by atoms with van der Waals surface area (Å²) in [5, 5.41) is 7.07. The summed E-state index contributed by atoms with van der Waals surface area (Å²) in [6.07, 6.45) is 3.99. The summed E-state index contributed by atoms with van der Waals surface area (Å²) >= 11 is 0. The van der Waals surface area contributed by atoms with Gasteiger partial charge >= 0.3 is 0 Å². The standard InChI is InChI=1S/C53H47N2O.C15H16N.Ir/c1-50(2)29-52(5,6)45-43(50)42(32-18-10-9-11-19-32)44-46(53(7,8)30-51(44,3)4)47(45)55-40-24-15-14-23-39(40)54-49(55)36-22-16-21-35-38-27-33-26-25-31-17-12-13-20-34(31)37(33)28-41(38)56-48(35)36;1-15(2,3)13-9-10-16-14(11-13)12-7-5-4-6-8-12;/h9-21,23-28H,29-30H2,1-8H3;4-7,9-11H,1-3H3;/q2*-1;. The molecule has 1 radical (unpaired) electrons. The van der Waals surface area contributed by atoms with Crippen molar-refractivity contribution in [3.63, 3.8) is 0 Å². The predicted molar refractivity (Wildman–Crippen MR) is 302 cm³/mol. The third kappa shape index (κ3) is 7.89. The molecule has 2 aliphatic rings. The van der Waals surface area contributed by atoms with Gasteiger partial charge in [0, 0.05) is 37.4 Å². The fourth-order valence-corrected chi connectivity index (χ4v) is 13.5. The summed E-state index contributed by atoms with van der Waals surface area (Å²) in [5.74, 6) is 0.878. The van der Waals surface area contributed by atoms with Gasteiger partial charge in [0.1, 0.15) is 5.58 Å². The van der Waals surface area contributed by atoms with Crippen LogP contribution in [0.3, 0.4) is 0 Å². The van der Waals surface area contributed by atoms with Crippen LogP contribution < -0.4 is 0 Å². The maximum Gasteiger partial charge on any atom is 0.121 e. The van der Waals surface area contributed by atoms with Gasteiger partial charge in [0.05, 0.1) is 22.4 Å². The number of rotatable bonds is 4. The van der Waals surface area contributed by atoms with Crippen LogP contribution in [0.5, 0.6) is 0 Å². The second-order valence-corrected chi connectivity index (χ2v) is 24.2. The molecule has 3 heterocycles. The number of furan rings is 1. The maximum atomic E-state index is 7.01. The molecule has 0 saturated carbocycles. The number of hydrogen-bond donors (Lipinski definition) is 0. The first-order valence-electron chi connectivity index (χ1n) is 25.7. The van der Waals surface area contributed by atoms with Crippen LogP contribution >= 0.6 is 0 Å². The van der Waals surface area contributed by atoms with Crippen molar-refractivity contribution in [2.24, 2.45) is 0 Å². The second-order valence-electron chi connectivity index (χ2n) is 24.2. The van der Waals surface area contributed by atoms with E-state index in [-0.39, 0.29) is 47.2 Å². The molecule has 3 aromatic heterocycles. The quantitative estimate of drug-likeness (QED) is 0.130. The molecule has 367 valence electrons. The van der Waals surface area contributed by atoms with Gasteiger partial charge in [-0.15, -0.1) is 54.1 Å². The van der Waals surface area contributed by atoms with E-state index in [0.29, 0.717) is 0 Å². The summed E-state index contributed by atoms with van der Waals surface area (Å²) < 4.78 is 9.53. The van der Waals surface area contributed by atoms with Crippen LogP contribution in [0.1, 0.15) is 117 Å². The summed E-state index contributed by atoms with van der Waals surface area (Å²) in [6.45, 7) is 26.4. The molecule has 0 unspecified atom stereocenters. The molecule has 8 aromatic carbocycles. The number of aromatic nitrogens is 3. The molecule has 2 aliphatic carbocycles. The summed E-state index contributed by atoms with van der Waals surface area (Å²) in [5.41, 5.74) is 17.8. The minimum Gasteiger partial charge on any atom is -0.501 e. The van der Waals surface area contributed by atoms with Gasteiger partial charge in [0.25, 0.3) is 0 Å². The Balaban J connectivity index is 0.000000289. The first-order valence-corrected chi connectivity index (χ1v) is 25.7. The number of imidazole rings is 1. The Bertz CT molecular complexity index is 3900. The molecule has 0 N–H and O–H groups in total. The number of benzene rings is 8. The zero-order valence-corrected chi connectivity index (χ0v) is 46.4. The molecule has 11 aromatic rings. The number of pyridine rings is 1. The van der Waals surface area contributed by atoms with E-state index in [1.807, 2.05) is 30.5 Å². The zero-order valence-electron chi connectivity index (χ0n) is 44.0. The largest absolute Gasteiger partial charge is 0.501 e. The molecule has 0 spiro atoms. The second kappa shape index (κ2) is 17.2. The van der Waals surface area contributed by atoms with Gasteiger partial charge in [0.15, 0.2) is 0 Å². The van der Waals surface area contributed by atoms with E-state index in [2.05, 4.69) is 225 Å². The fraction of sp³-hybridized carbons (Fsp3) is 0.265. The van der Waals surface area contributed by atoms with Crippen LogP contribution in [0.2, 0.25) is 0 Å². The first kappa shape index (κ1) is 48.6. The van der Waals surface area contributed by atoms with Gasteiger partial charge in [-0.1, -0.05) is 172 Å². The molecule has 0 atom stereocenters. The van der Waals surface area contributed by atoms with E-state index in [1.54, 1.807) is 0 Å². The fourth-order valence-electron chi connectivity index (χ4n) is 13.5. The Morgan fingerprint density at radius 3 is 1.90 bits per heavy atom. The van der Waals surface area contributed by atoms with Crippen molar-refractivity contribution in [3.8, 4) is 39.5 Å². The topological polar surface area (TPSA) is 43.9 Å². The molecule has 5 heteroatoms. The van der Waals surface area contributed by atoms with Gasteiger partial charge in [-0.05, 0) is 136 Å². The van der Waals surface area contributed by atoms with E-state index in [1.165, 1.54) is 66.2 Å². The Kier molecular flexibility index (Phi) is 11.5. The zero-order chi connectivity index (χ0) is 50.1. The molecular formula is C68H63IrN3O-2. The first-order chi connectivity index (χ1) is 34.3. The number of para-hydroxylation sites is 2. The molecule has 4 nitrogen and oxygen atoms in total. The number of nitrogens with zero attached hydrogens (tertiary/aromatic N) is 3. The summed E-state index contributed by atoms with van der Waals surface area (Å²) in [4.78, 5) is 9.94. The smallest absolute Gasteiger partial charge is 0.121 e. The minimum atomic E-state index is -0.101. The van der Waals surface area contributed by atoms with E-state index < -0.39 is 0 Å². The predicted octanol–water partition coefficient (Wildman–Crippen LogP) is 18.1. The molecule has 0 aliphatic heterocycles. The van der Waals surface area contributed by atoms with Gasteiger partial charge in [-0.2, -0.15) is 0 Å². The van der Waals surface area contributed by atoms with Crippen LogP contribution in [-0.4, -0.2) is 14.5 Å². The minimum absolute atomic E-state index is 0. The average molecular weight is 1130 g/mol. The third-order valence-electron chi connectivity index (χ3n) is 15.9. The summed E-state index contributed by atoms with van der Waals surface area (Å²) in [6, 6.07) is 60.8. The molecule has 13 rings (SSSR count). The third-order valence-corrected chi connectivity index (χ3v) is 15.9. The Morgan fingerprint density at radius 2 is 1.21 bits per heavy atom. The Morgan fingerprint density at radius 1 is 0.562 bits per heavy atom. The van der Waals surface area contributed by atoms with E-state index >= 15 is 0 Å². The van der Waals surface area contributed by atoms with E-state index in [9.17, 15) is 0 Å². The SMILES string of the molecule is CC(C)(C)c1ccnc(-c2[c-]cccc2)c1.CC1(C)CC(C)(C)c2c(-n3c(-c4[c-]ccc5c4oc4cc6c(ccc7ccccc76)cc45)nc4ccccc43)c3c(c(-c4ccccc4)c21)C(C)(C)CC3(C)C.[Ir]. The van der Waals surface area contributed by atoms with Gasteiger partial charge in [-0.25, -0.2) is 0 Å². The molecule has 0 fully saturated rings. The maximum absolute atomic E-state index is 7.01. The summed E-state index contributed by atoms with van der Waals surface area (Å²) in [7, 11) is 0. The van der Waals surface area contributed by atoms with Crippen LogP contribution in [0.15, 0.2) is 162 Å². The van der Waals surface area contributed by atoms with Crippen molar-refractivity contribution in [1.29, 1.82) is 0 Å².